The molecule has 1 aromatic carbocycles. The van der Waals surface area contributed by atoms with Gasteiger partial charge in [-0.1, -0.05) is 18.2 Å². The Morgan fingerprint density at radius 3 is 2.33 bits per heavy atom. The molecule has 6 nitrogen and oxygen atoms in total. The quantitative estimate of drug-likeness (QED) is 0.911. The van der Waals surface area contributed by atoms with Crippen LogP contribution in [0.4, 0.5) is 16.2 Å². The van der Waals surface area contributed by atoms with Crippen LogP contribution in [0.2, 0.25) is 0 Å². The summed E-state index contributed by atoms with van der Waals surface area (Å²) in [6.07, 6.45) is 4.61. The second-order valence-corrected chi connectivity index (χ2v) is 5.79. The molecule has 2 N–H and O–H groups in total. The lowest BCUT2D eigenvalue weighted by Crippen LogP contribution is -2.43. The Morgan fingerprint density at radius 2 is 1.67 bits per heavy atom. The van der Waals surface area contributed by atoms with Crippen LogP contribution in [0.5, 0.6) is 0 Å². The summed E-state index contributed by atoms with van der Waals surface area (Å²) in [4.78, 5) is 30.3. The summed E-state index contributed by atoms with van der Waals surface area (Å²) in [5, 5.41) is 5.75. The second-order valence-electron chi connectivity index (χ2n) is 5.79. The maximum Gasteiger partial charge on any atom is 0.321 e. The Kier molecular flexibility index (Phi) is 5.05. The van der Waals surface area contributed by atoms with Crippen LogP contribution in [0.15, 0.2) is 54.9 Å². The van der Waals surface area contributed by atoms with Crippen LogP contribution in [0.25, 0.3) is 0 Å². The maximum atomic E-state index is 12.3. The molecular formula is C18H20N4O2. The van der Waals surface area contributed by atoms with E-state index < -0.39 is 0 Å². The summed E-state index contributed by atoms with van der Waals surface area (Å²) in [5.74, 6) is -0.0860. The van der Waals surface area contributed by atoms with Crippen molar-refractivity contribution in [2.45, 2.75) is 12.8 Å². The molecule has 0 atom stereocenters. The van der Waals surface area contributed by atoms with E-state index in [1.807, 2.05) is 36.4 Å². The number of pyridine rings is 1. The van der Waals surface area contributed by atoms with Gasteiger partial charge in [0.25, 0.3) is 0 Å². The van der Waals surface area contributed by atoms with Crippen molar-refractivity contribution in [3.8, 4) is 0 Å². The van der Waals surface area contributed by atoms with Crippen LogP contribution in [0, 0.1) is 5.92 Å². The average molecular weight is 324 g/mol. The zero-order valence-corrected chi connectivity index (χ0v) is 13.3. The fourth-order valence-electron chi connectivity index (χ4n) is 2.75. The van der Waals surface area contributed by atoms with Gasteiger partial charge < -0.3 is 15.5 Å². The van der Waals surface area contributed by atoms with Crippen LogP contribution in [-0.2, 0) is 4.79 Å². The smallest absolute Gasteiger partial charge is 0.321 e. The van der Waals surface area contributed by atoms with Gasteiger partial charge in [-0.25, -0.2) is 4.79 Å². The second kappa shape index (κ2) is 7.59. The van der Waals surface area contributed by atoms with Gasteiger partial charge in [-0.15, -0.1) is 0 Å². The molecule has 0 spiro atoms. The maximum absolute atomic E-state index is 12.3. The first kappa shape index (κ1) is 16.0. The molecule has 2 aromatic rings. The van der Waals surface area contributed by atoms with Crippen molar-refractivity contribution < 1.29 is 9.59 Å². The van der Waals surface area contributed by atoms with Gasteiger partial charge in [0.1, 0.15) is 0 Å². The number of carbonyl (C=O) groups is 2. The lowest BCUT2D eigenvalue weighted by Gasteiger charge is -2.31. The minimum absolute atomic E-state index is 0.00822. The molecule has 0 bridgehead atoms. The van der Waals surface area contributed by atoms with Gasteiger partial charge in [0.05, 0.1) is 11.9 Å². The molecule has 6 heteroatoms. The van der Waals surface area contributed by atoms with E-state index in [0.717, 1.165) is 5.69 Å². The molecule has 24 heavy (non-hydrogen) atoms. The third-order valence-electron chi connectivity index (χ3n) is 4.11. The highest BCUT2D eigenvalue weighted by Crippen LogP contribution is 2.20. The number of anilines is 2. The van der Waals surface area contributed by atoms with E-state index in [2.05, 4.69) is 15.6 Å². The number of hydrogen-bond donors (Lipinski definition) is 2. The largest absolute Gasteiger partial charge is 0.324 e. The van der Waals surface area contributed by atoms with Crippen molar-refractivity contribution in [2.24, 2.45) is 5.92 Å². The first-order valence-electron chi connectivity index (χ1n) is 8.04. The Morgan fingerprint density at radius 1 is 0.958 bits per heavy atom. The summed E-state index contributed by atoms with van der Waals surface area (Å²) in [6, 6.07) is 12.8. The minimum atomic E-state index is -0.118. The summed E-state index contributed by atoms with van der Waals surface area (Å²) in [6.45, 7) is 1.15. The molecule has 0 aliphatic carbocycles. The molecule has 3 amide bonds. The number of rotatable bonds is 3. The molecule has 1 fully saturated rings. The van der Waals surface area contributed by atoms with Crippen LogP contribution in [-0.4, -0.2) is 34.9 Å². The van der Waals surface area contributed by atoms with Gasteiger partial charge in [-0.05, 0) is 37.1 Å². The number of amides is 3. The van der Waals surface area contributed by atoms with Gasteiger partial charge in [0.2, 0.25) is 5.91 Å². The highest BCUT2D eigenvalue weighted by molar-refractivity contribution is 5.93. The summed E-state index contributed by atoms with van der Waals surface area (Å²) in [7, 11) is 0. The van der Waals surface area contributed by atoms with Gasteiger partial charge in [-0.3, -0.25) is 9.78 Å². The lowest BCUT2D eigenvalue weighted by atomic mass is 9.96. The normalized spacial score (nSPS) is 14.9. The standard InChI is InChI=1S/C18H20N4O2/c23-17(20-16-7-4-10-19-13-16)14-8-11-22(12-9-14)18(24)21-15-5-2-1-3-6-15/h1-7,10,13-14H,8-9,11-12H2,(H,20,23)(H,21,24). The molecule has 124 valence electrons. The van der Waals surface area contributed by atoms with E-state index >= 15 is 0 Å². The third-order valence-corrected chi connectivity index (χ3v) is 4.11. The number of para-hydroxylation sites is 1. The van der Waals surface area contributed by atoms with E-state index in [4.69, 9.17) is 0 Å². The number of urea groups is 1. The minimum Gasteiger partial charge on any atom is -0.324 e. The van der Waals surface area contributed by atoms with Crippen LogP contribution < -0.4 is 10.6 Å². The number of hydrogen-bond acceptors (Lipinski definition) is 3. The Labute approximate surface area is 140 Å². The van der Waals surface area contributed by atoms with Crippen molar-refractivity contribution in [2.75, 3.05) is 23.7 Å². The van der Waals surface area contributed by atoms with Crippen molar-refractivity contribution in [1.82, 2.24) is 9.88 Å². The molecule has 0 saturated carbocycles. The monoisotopic (exact) mass is 324 g/mol. The van der Waals surface area contributed by atoms with E-state index in [9.17, 15) is 9.59 Å². The number of piperidine rings is 1. The molecule has 1 aliphatic heterocycles. The van der Waals surface area contributed by atoms with Crippen molar-refractivity contribution in [1.29, 1.82) is 0 Å². The summed E-state index contributed by atoms with van der Waals surface area (Å²) in [5.41, 5.74) is 1.48. The van der Waals surface area contributed by atoms with Gasteiger partial charge in [0.15, 0.2) is 0 Å². The Bertz CT molecular complexity index is 621. The van der Waals surface area contributed by atoms with Crippen LogP contribution >= 0.6 is 0 Å². The average Bonchev–Trinajstić information content (AvgIpc) is 2.63. The Balaban J connectivity index is 1.48. The van der Waals surface area contributed by atoms with Gasteiger partial charge in [0, 0.05) is 30.9 Å². The molecule has 1 aliphatic rings. The van der Waals surface area contributed by atoms with E-state index in [-0.39, 0.29) is 17.9 Å². The lowest BCUT2D eigenvalue weighted by molar-refractivity contribution is -0.121. The molecule has 0 radical (unpaired) electrons. The van der Waals surface area contributed by atoms with E-state index in [1.54, 1.807) is 23.4 Å². The first-order chi connectivity index (χ1) is 11.7. The molecule has 1 aromatic heterocycles. The van der Waals surface area contributed by atoms with Crippen LogP contribution in [0.3, 0.4) is 0 Å². The third kappa shape index (κ3) is 4.10. The SMILES string of the molecule is O=C(Nc1cccnc1)C1CCN(C(=O)Nc2ccccc2)CC1. The van der Waals surface area contributed by atoms with Crippen molar-refractivity contribution in [3.63, 3.8) is 0 Å². The zero-order chi connectivity index (χ0) is 16.8. The topological polar surface area (TPSA) is 74.3 Å². The molecule has 3 rings (SSSR count). The van der Waals surface area contributed by atoms with Gasteiger partial charge in [-0.2, -0.15) is 0 Å². The predicted molar refractivity (Wildman–Crippen MR) is 92.6 cm³/mol. The summed E-state index contributed by atoms with van der Waals surface area (Å²) >= 11 is 0. The number of carbonyl (C=O) groups excluding carboxylic acids is 2. The zero-order valence-electron chi connectivity index (χ0n) is 13.3. The Hall–Kier alpha value is -2.89. The van der Waals surface area contributed by atoms with E-state index in [1.165, 1.54) is 0 Å². The fraction of sp³-hybridized carbons (Fsp3) is 0.278. The number of likely N-dealkylation sites (tertiary alicyclic amines) is 1. The number of nitrogens with zero attached hydrogens (tertiary/aromatic N) is 2. The number of nitrogens with one attached hydrogen (secondary N) is 2. The molecule has 0 unspecified atom stereocenters. The van der Waals surface area contributed by atoms with Crippen molar-refractivity contribution >= 4 is 23.3 Å². The highest BCUT2D eigenvalue weighted by atomic mass is 16.2. The molecule has 1 saturated heterocycles. The highest BCUT2D eigenvalue weighted by Gasteiger charge is 2.27. The fourth-order valence-corrected chi connectivity index (χ4v) is 2.75. The first-order valence-corrected chi connectivity index (χ1v) is 8.04. The number of benzene rings is 1. The van der Waals surface area contributed by atoms with Gasteiger partial charge >= 0.3 is 6.03 Å². The van der Waals surface area contributed by atoms with Crippen molar-refractivity contribution in [3.05, 3.63) is 54.9 Å². The molecule has 2 heterocycles. The predicted octanol–water partition coefficient (Wildman–Crippen LogP) is 2.96. The number of aromatic nitrogens is 1. The molecular weight excluding hydrogens is 304 g/mol. The van der Waals surface area contributed by atoms with Crippen LogP contribution in [0.1, 0.15) is 12.8 Å². The van der Waals surface area contributed by atoms with E-state index in [0.29, 0.717) is 31.6 Å². The summed E-state index contributed by atoms with van der Waals surface area (Å²) < 4.78 is 0.